The predicted molar refractivity (Wildman–Crippen MR) is 84.1 cm³/mol. The van der Waals surface area contributed by atoms with E-state index in [9.17, 15) is 0 Å². The van der Waals surface area contributed by atoms with Gasteiger partial charge in [-0.1, -0.05) is 30.3 Å². The molecule has 1 aliphatic carbocycles. The van der Waals surface area contributed by atoms with Gasteiger partial charge < -0.3 is 4.74 Å². The Morgan fingerprint density at radius 2 is 1.68 bits per heavy atom. The summed E-state index contributed by atoms with van der Waals surface area (Å²) in [6.07, 6.45) is 0. The molecule has 19 heavy (non-hydrogen) atoms. The van der Waals surface area contributed by atoms with E-state index in [-0.39, 0.29) is 4.08 Å². The van der Waals surface area contributed by atoms with Crippen molar-refractivity contribution in [2.45, 2.75) is 4.08 Å². The summed E-state index contributed by atoms with van der Waals surface area (Å²) in [5.41, 5.74) is 5.65. The van der Waals surface area contributed by atoms with Gasteiger partial charge in [-0.05, 0) is 34.4 Å². The molecule has 0 saturated carbocycles. The lowest BCUT2D eigenvalue weighted by Gasteiger charge is -2.24. The van der Waals surface area contributed by atoms with Crippen molar-refractivity contribution >= 4 is 23.5 Å². The maximum Gasteiger partial charge on any atom is 0.119 e. The number of methoxy groups -OCH3 is 1. The molecule has 1 fully saturated rings. The van der Waals surface area contributed by atoms with Crippen molar-refractivity contribution in [1.82, 2.24) is 0 Å². The van der Waals surface area contributed by atoms with Crippen molar-refractivity contribution in [2.24, 2.45) is 0 Å². The molecule has 2 aromatic carbocycles. The maximum absolute atomic E-state index is 5.42. The van der Waals surface area contributed by atoms with Crippen LogP contribution in [-0.2, 0) is 4.08 Å². The molecule has 1 nitrogen and oxygen atoms in total. The number of fused-ring (bicyclic) bond motifs is 5. The number of ether oxygens (including phenoxy) is 1. The Kier molecular flexibility index (Phi) is 2.61. The van der Waals surface area contributed by atoms with Crippen LogP contribution >= 0.6 is 23.5 Å². The Morgan fingerprint density at radius 1 is 0.947 bits per heavy atom. The van der Waals surface area contributed by atoms with Gasteiger partial charge in [0.25, 0.3) is 0 Å². The first-order chi connectivity index (χ1) is 9.35. The van der Waals surface area contributed by atoms with Crippen molar-refractivity contribution in [3.63, 3.8) is 0 Å². The number of rotatable bonds is 1. The van der Waals surface area contributed by atoms with Crippen LogP contribution < -0.4 is 4.74 Å². The molecule has 2 aliphatic rings. The minimum Gasteiger partial charge on any atom is -0.497 e. The molecule has 1 aliphatic heterocycles. The maximum atomic E-state index is 5.42. The molecule has 4 rings (SSSR count). The molecule has 0 atom stereocenters. The molecule has 3 heteroatoms. The van der Waals surface area contributed by atoms with Gasteiger partial charge in [0.2, 0.25) is 0 Å². The van der Waals surface area contributed by atoms with Gasteiger partial charge in [0.05, 0.1) is 7.11 Å². The second kappa shape index (κ2) is 4.22. The zero-order valence-corrected chi connectivity index (χ0v) is 12.3. The summed E-state index contributed by atoms with van der Waals surface area (Å²) in [4.78, 5) is 0. The van der Waals surface area contributed by atoms with Gasteiger partial charge in [-0.25, -0.2) is 0 Å². The Labute approximate surface area is 121 Å². The highest BCUT2D eigenvalue weighted by molar-refractivity contribution is 8.20. The van der Waals surface area contributed by atoms with Crippen molar-refractivity contribution in [3.05, 3.63) is 53.6 Å². The first-order valence-corrected chi connectivity index (χ1v) is 8.38. The number of hydrogen-bond acceptors (Lipinski definition) is 3. The van der Waals surface area contributed by atoms with Crippen LogP contribution in [0.2, 0.25) is 0 Å². The minimum atomic E-state index is 0.0977. The van der Waals surface area contributed by atoms with Gasteiger partial charge in [0, 0.05) is 11.5 Å². The second-order valence-electron chi connectivity index (χ2n) is 4.77. The summed E-state index contributed by atoms with van der Waals surface area (Å²) < 4.78 is 5.52. The second-order valence-corrected chi connectivity index (χ2v) is 7.65. The van der Waals surface area contributed by atoms with Crippen LogP contribution in [0.3, 0.4) is 0 Å². The zero-order valence-electron chi connectivity index (χ0n) is 10.7. The zero-order chi connectivity index (χ0) is 12.9. The van der Waals surface area contributed by atoms with Crippen LogP contribution in [0.15, 0.2) is 42.5 Å². The summed E-state index contributed by atoms with van der Waals surface area (Å²) in [6.45, 7) is 0. The van der Waals surface area contributed by atoms with Gasteiger partial charge >= 0.3 is 0 Å². The lowest BCUT2D eigenvalue weighted by atomic mass is 10.1. The Balaban J connectivity index is 2.03. The van der Waals surface area contributed by atoms with Gasteiger partial charge in [0.1, 0.15) is 9.83 Å². The summed E-state index contributed by atoms with van der Waals surface area (Å²) in [7, 11) is 1.74. The van der Waals surface area contributed by atoms with Gasteiger partial charge in [0.15, 0.2) is 0 Å². The third-order valence-corrected chi connectivity index (χ3v) is 7.32. The first kappa shape index (κ1) is 11.7. The highest BCUT2D eigenvalue weighted by Crippen LogP contribution is 2.64. The van der Waals surface area contributed by atoms with Crippen molar-refractivity contribution < 1.29 is 4.74 Å². The average Bonchev–Trinajstić information content (AvgIpc) is 3.06. The highest BCUT2D eigenvalue weighted by Gasteiger charge is 2.46. The lowest BCUT2D eigenvalue weighted by Crippen LogP contribution is -2.12. The molecule has 0 radical (unpaired) electrons. The van der Waals surface area contributed by atoms with Crippen molar-refractivity contribution in [3.8, 4) is 16.9 Å². The molecule has 1 spiro atoms. The normalized spacial score (nSPS) is 18.4. The molecule has 0 unspecified atom stereocenters. The van der Waals surface area contributed by atoms with Gasteiger partial charge in [-0.2, -0.15) is 0 Å². The van der Waals surface area contributed by atoms with E-state index in [1.165, 1.54) is 33.8 Å². The van der Waals surface area contributed by atoms with E-state index in [1.807, 2.05) is 0 Å². The molecule has 0 aromatic heterocycles. The number of benzene rings is 2. The highest BCUT2D eigenvalue weighted by atomic mass is 32.2. The van der Waals surface area contributed by atoms with Crippen LogP contribution in [0.25, 0.3) is 11.1 Å². The van der Waals surface area contributed by atoms with E-state index in [0.717, 1.165) is 5.75 Å². The van der Waals surface area contributed by atoms with E-state index in [2.05, 4.69) is 66.0 Å². The summed E-state index contributed by atoms with van der Waals surface area (Å²) in [5, 5.41) is 0. The van der Waals surface area contributed by atoms with Crippen molar-refractivity contribution in [1.29, 1.82) is 0 Å². The van der Waals surface area contributed by atoms with Crippen LogP contribution in [0.4, 0.5) is 0 Å². The summed E-state index contributed by atoms with van der Waals surface area (Å²) in [5.74, 6) is 3.39. The van der Waals surface area contributed by atoms with E-state index in [0.29, 0.717) is 0 Å². The molecule has 0 N–H and O–H groups in total. The molecular formula is C16H14OS2. The molecule has 2 aromatic rings. The van der Waals surface area contributed by atoms with E-state index < -0.39 is 0 Å². The quantitative estimate of drug-likeness (QED) is 0.771. The third kappa shape index (κ3) is 1.52. The monoisotopic (exact) mass is 286 g/mol. The number of hydrogen-bond donors (Lipinski definition) is 0. The molecule has 0 bridgehead atoms. The Morgan fingerprint density at radius 3 is 2.47 bits per heavy atom. The molecule has 0 amide bonds. The molecule has 1 saturated heterocycles. The minimum absolute atomic E-state index is 0.0977. The van der Waals surface area contributed by atoms with E-state index >= 15 is 0 Å². The Bertz CT molecular complexity index is 645. The van der Waals surface area contributed by atoms with Gasteiger partial charge in [-0.15, -0.1) is 23.5 Å². The average molecular weight is 286 g/mol. The largest absolute Gasteiger partial charge is 0.497 e. The molecular weight excluding hydrogens is 272 g/mol. The molecule has 96 valence electrons. The summed E-state index contributed by atoms with van der Waals surface area (Å²) >= 11 is 4.13. The standard InChI is InChI=1S/C16H14OS2/c1-17-11-6-7-13-12-4-2-3-5-14(12)16(15(13)10-11)18-8-9-19-16/h2-7,10H,8-9H2,1H3. The lowest BCUT2D eigenvalue weighted by molar-refractivity contribution is 0.414. The third-order valence-electron chi connectivity index (χ3n) is 3.85. The Hall–Kier alpha value is -1.06. The fourth-order valence-electron chi connectivity index (χ4n) is 3.03. The smallest absolute Gasteiger partial charge is 0.119 e. The number of thioether (sulfide) groups is 2. The van der Waals surface area contributed by atoms with Crippen LogP contribution in [0.5, 0.6) is 5.75 Å². The van der Waals surface area contributed by atoms with Gasteiger partial charge in [-0.3, -0.25) is 0 Å². The van der Waals surface area contributed by atoms with Crippen LogP contribution in [0.1, 0.15) is 11.1 Å². The van der Waals surface area contributed by atoms with E-state index in [4.69, 9.17) is 4.74 Å². The van der Waals surface area contributed by atoms with Crippen LogP contribution in [0, 0.1) is 0 Å². The summed E-state index contributed by atoms with van der Waals surface area (Å²) in [6, 6.07) is 15.3. The fourth-order valence-corrected chi connectivity index (χ4v) is 6.42. The first-order valence-electron chi connectivity index (χ1n) is 6.41. The molecule has 1 heterocycles. The fraction of sp³-hybridized carbons (Fsp3) is 0.250. The predicted octanol–water partition coefficient (Wildman–Crippen LogP) is 4.36. The van der Waals surface area contributed by atoms with Crippen LogP contribution in [-0.4, -0.2) is 18.6 Å². The topological polar surface area (TPSA) is 9.23 Å². The SMILES string of the molecule is COc1ccc2c(c1)C1(SCCS1)c1ccccc1-2. The van der Waals surface area contributed by atoms with Crippen molar-refractivity contribution in [2.75, 3.05) is 18.6 Å². The van der Waals surface area contributed by atoms with E-state index in [1.54, 1.807) is 7.11 Å².